The third-order valence-corrected chi connectivity index (χ3v) is 3.64. The molecule has 0 heterocycles. The van der Waals surface area contributed by atoms with Gasteiger partial charge in [-0.2, -0.15) is 0 Å². The molecular weight excluding hydrogens is 253 g/mol. The maximum atomic E-state index is 13.7. The molecular formula is C13H18FNO2S. The van der Waals surface area contributed by atoms with Gasteiger partial charge in [-0.05, 0) is 43.9 Å². The molecule has 1 fully saturated rings. The molecule has 0 amide bonds. The van der Waals surface area contributed by atoms with E-state index in [4.69, 9.17) is 4.74 Å². The summed E-state index contributed by atoms with van der Waals surface area (Å²) >= 11 is -1.17. The summed E-state index contributed by atoms with van der Waals surface area (Å²) in [4.78, 5) is 0. The quantitative estimate of drug-likeness (QED) is 0.809. The zero-order chi connectivity index (χ0) is 13.1. The Balaban J connectivity index is 2.04. The topological polar surface area (TPSA) is 44.3 Å². The van der Waals surface area contributed by atoms with Crippen LogP contribution in [0.3, 0.4) is 0 Å². The molecule has 0 unspecified atom stereocenters. The number of hydrogen-bond acceptors (Lipinski definition) is 3. The highest BCUT2D eigenvalue weighted by Gasteiger charge is 2.22. The van der Waals surface area contributed by atoms with Gasteiger partial charge in [-0.3, -0.25) is 0 Å². The van der Waals surface area contributed by atoms with E-state index >= 15 is 0 Å². The molecule has 2 rings (SSSR count). The number of halogens is 1. The molecule has 0 aliphatic heterocycles. The predicted octanol–water partition coefficient (Wildman–Crippen LogP) is 2.56. The van der Waals surface area contributed by atoms with E-state index in [0.29, 0.717) is 23.8 Å². The molecule has 3 nitrogen and oxygen atoms in total. The Morgan fingerprint density at radius 1 is 1.56 bits per heavy atom. The fraction of sp³-hybridized carbons (Fsp3) is 0.538. The van der Waals surface area contributed by atoms with Crippen LogP contribution in [0.15, 0.2) is 18.2 Å². The van der Waals surface area contributed by atoms with Crippen molar-refractivity contribution in [1.82, 2.24) is 4.72 Å². The van der Waals surface area contributed by atoms with Crippen LogP contribution in [0.25, 0.3) is 0 Å². The summed E-state index contributed by atoms with van der Waals surface area (Å²) in [6.07, 6.45) is 3.98. The molecule has 18 heavy (non-hydrogen) atoms. The molecule has 0 saturated heterocycles. The van der Waals surface area contributed by atoms with Gasteiger partial charge < -0.3 is 9.29 Å². The molecule has 100 valence electrons. The third kappa shape index (κ3) is 3.86. The van der Waals surface area contributed by atoms with E-state index in [9.17, 15) is 8.94 Å². The fourth-order valence-electron chi connectivity index (χ4n) is 1.75. The van der Waals surface area contributed by atoms with E-state index in [1.807, 2.05) is 0 Å². The minimum atomic E-state index is -1.17. The standard InChI is InChI=1S/C13H18FNO2S/c1-9(15-18(2)16)12-7-11(5-6-13(12)14)17-8-10-3-4-10/h5-7,9-10,15H,3-4,8H2,1-2H3/t9-,18-/m0/s1. The lowest BCUT2D eigenvalue weighted by Crippen LogP contribution is -2.26. The molecule has 0 bridgehead atoms. The summed E-state index contributed by atoms with van der Waals surface area (Å²) in [5, 5.41) is 0. The second kappa shape index (κ2) is 5.91. The Labute approximate surface area is 110 Å². The van der Waals surface area contributed by atoms with Crippen molar-refractivity contribution in [2.24, 2.45) is 5.92 Å². The molecule has 2 atom stereocenters. The lowest BCUT2D eigenvalue weighted by molar-refractivity contribution is 0.298. The Kier molecular flexibility index (Phi) is 4.48. The van der Waals surface area contributed by atoms with Crippen molar-refractivity contribution in [3.05, 3.63) is 29.6 Å². The molecule has 1 N–H and O–H groups in total. The first kappa shape index (κ1) is 13.6. The first-order valence-corrected chi connectivity index (χ1v) is 7.64. The summed E-state index contributed by atoms with van der Waals surface area (Å²) in [7, 11) is 0. The molecule has 1 aliphatic rings. The van der Waals surface area contributed by atoms with E-state index in [-0.39, 0.29) is 11.9 Å². The van der Waals surface area contributed by atoms with Crippen molar-refractivity contribution < 1.29 is 13.7 Å². The van der Waals surface area contributed by atoms with Crippen LogP contribution in [-0.2, 0) is 11.4 Å². The monoisotopic (exact) mass is 271 g/mol. The summed E-state index contributed by atoms with van der Waals surface area (Å²) in [5.41, 5.74) is 0.485. The van der Waals surface area contributed by atoms with Crippen LogP contribution in [0.1, 0.15) is 31.4 Å². The first-order chi connectivity index (χ1) is 8.56. The maximum absolute atomic E-state index is 13.7. The molecule has 0 aromatic heterocycles. The number of ether oxygens (including phenoxy) is 1. The zero-order valence-electron chi connectivity index (χ0n) is 10.6. The number of benzene rings is 1. The van der Waals surface area contributed by atoms with E-state index < -0.39 is 11.4 Å². The number of rotatable bonds is 6. The maximum Gasteiger partial charge on any atom is 0.128 e. The van der Waals surface area contributed by atoms with Crippen molar-refractivity contribution in [2.75, 3.05) is 12.9 Å². The Morgan fingerprint density at radius 2 is 2.28 bits per heavy atom. The lowest BCUT2D eigenvalue weighted by Gasteiger charge is -2.16. The Hall–Kier alpha value is -0.780. The van der Waals surface area contributed by atoms with Gasteiger partial charge in [-0.15, -0.1) is 4.72 Å². The first-order valence-electron chi connectivity index (χ1n) is 6.08. The molecule has 1 aromatic carbocycles. The van der Waals surface area contributed by atoms with Gasteiger partial charge in [0.25, 0.3) is 0 Å². The highest BCUT2D eigenvalue weighted by Crippen LogP contribution is 2.30. The summed E-state index contributed by atoms with van der Waals surface area (Å²) in [6.45, 7) is 2.48. The van der Waals surface area contributed by atoms with Crippen molar-refractivity contribution >= 4 is 11.4 Å². The van der Waals surface area contributed by atoms with Crippen LogP contribution in [0.5, 0.6) is 5.75 Å². The van der Waals surface area contributed by atoms with Crippen LogP contribution in [-0.4, -0.2) is 17.4 Å². The molecule has 0 radical (unpaired) electrons. The van der Waals surface area contributed by atoms with Crippen LogP contribution in [0.2, 0.25) is 0 Å². The summed E-state index contributed by atoms with van der Waals surface area (Å²) in [5.74, 6) is 1.03. The summed E-state index contributed by atoms with van der Waals surface area (Å²) < 4.78 is 33.2. The Morgan fingerprint density at radius 3 is 2.89 bits per heavy atom. The van der Waals surface area contributed by atoms with Gasteiger partial charge in [0.05, 0.1) is 12.6 Å². The largest absolute Gasteiger partial charge is 0.598 e. The predicted molar refractivity (Wildman–Crippen MR) is 70.2 cm³/mol. The average molecular weight is 271 g/mol. The Bertz CT molecular complexity index is 410. The third-order valence-electron chi connectivity index (χ3n) is 2.96. The van der Waals surface area contributed by atoms with E-state index in [1.165, 1.54) is 25.2 Å². The van der Waals surface area contributed by atoms with Crippen molar-refractivity contribution in [1.29, 1.82) is 0 Å². The van der Waals surface area contributed by atoms with Gasteiger partial charge in [0.15, 0.2) is 0 Å². The van der Waals surface area contributed by atoms with Crippen LogP contribution in [0, 0.1) is 11.7 Å². The van der Waals surface area contributed by atoms with E-state index in [1.54, 1.807) is 19.1 Å². The van der Waals surface area contributed by atoms with Gasteiger partial charge in [0.1, 0.15) is 17.8 Å². The van der Waals surface area contributed by atoms with Gasteiger partial charge in [0.2, 0.25) is 0 Å². The second-order valence-electron chi connectivity index (χ2n) is 4.73. The molecule has 1 saturated carbocycles. The van der Waals surface area contributed by atoms with Crippen molar-refractivity contribution in [3.63, 3.8) is 0 Å². The van der Waals surface area contributed by atoms with Gasteiger partial charge in [-0.1, -0.05) is 0 Å². The average Bonchev–Trinajstić information content (AvgIpc) is 3.10. The molecule has 5 heteroatoms. The van der Waals surface area contributed by atoms with Gasteiger partial charge in [-0.25, -0.2) is 4.39 Å². The molecule has 1 aliphatic carbocycles. The zero-order valence-corrected chi connectivity index (χ0v) is 11.4. The number of nitrogens with one attached hydrogen (secondary N) is 1. The minimum absolute atomic E-state index is 0.305. The smallest absolute Gasteiger partial charge is 0.128 e. The number of hydrogen-bond donors (Lipinski definition) is 1. The molecule has 1 aromatic rings. The van der Waals surface area contributed by atoms with Crippen molar-refractivity contribution in [3.8, 4) is 5.75 Å². The van der Waals surface area contributed by atoms with Gasteiger partial charge >= 0.3 is 0 Å². The lowest BCUT2D eigenvalue weighted by atomic mass is 10.1. The summed E-state index contributed by atoms with van der Waals surface area (Å²) in [6, 6.07) is 4.41. The van der Waals surface area contributed by atoms with Gasteiger partial charge in [0, 0.05) is 16.9 Å². The SMILES string of the molecule is C[C@H](N[S@+](C)[O-])c1cc(OCC2CC2)ccc1F. The normalized spacial score (nSPS) is 18.4. The highest BCUT2D eigenvalue weighted by atomic mass is 32.2. The highest BCUT2D eigenvalue weighted by molar-refractivity contribution is 7.88. The fourth-order valence-corrected chi connectivity index (χ4v) is 2.38. The van der Waals surface area contributed by atoms with Crippen LogP contribution >= 0.6 is 0 Å². The van der Waals surface area contributed by atoms with Crippen molar-refractivity contribution in [2.45, 2.75) is 25.8 Å². The van der Waals surface area contributed by atoms with E-state index in [0.717, 1.165) is 0 Å². The van der Waals surface area contributed by atoms with Crippen LogP contribution in [0.4, 0.5) is 4.39 Å². The second-order valence-corrected chi connectivity index (χ2v) is 5.88. The molecule has 0 spiro atoms. The van der Waals surface area contributed by atoms with Crippen LogP contribution < -0.4 is 9.46 Å². The van der Waals surface area contributed by atoms with E-state index in [2.05, 4.69) is 4.72 Å². The minimum Gasteiger partial charge on any atom is -0.598 e.